The van der Waals surface area contributed by atoms with Gasteiger partial charge < -0.3 is 9.47 Å². The van der Waals surface area contributed by atoms with Crippen molar-refractivity contribution < 1.29 is 4.79 Å². The van der Waals surface area contributed by atoms with Crippen LogP contribution in [-0.4, -0.2) is 43.4 Å². The highest BCUT2D eigenvalue weighted by Crippen LogP contribution is 2.23. The highest BCUT2D eigenvalue weighted by atomic mass is 16.2. The van der Waals surface area contributed by atoms with E-state index in [1.165, 1.54) is 0 Å². The van der Waals surface area contributed by atoms with Crippen LogP contribution in [0, 0.1) is 5.92 Å². The molecule has 138 valence electrons. The minimum atomic E-state index is 0.122. The summed E-state index contributed by atoms with van der Waals surface area (Å²) in [5.41, 5.74) is 2.60. The lowest BCUT2D eigenvalue weighted by molar-refractivity contribution is 0.0673. The van der Waals surface area contributed by atoms with Crippen molar-refractivity contribution in [2.24, 2.45) is 13.0 Å². The van der Waals surface area contributed by atoms with Crippen LogP contribution < -0.4 is 0 Å². The van der Waals surface area contributed by atoms with E-state index in [4.69, 9.17) is 0 Å². The zero-order valence-electron chi connectivity index (χ0n) is 15.5. The zero-order valence-corrected chi connectivity index (χ0v) is 15.5. The van der Waals surface area contributed by atoms with E-state index in [-0.39, 0.29) is 5.91 Å². The minimum absolute atomic E-state index is 0.122. The predicted molar refractivity (Wildman–Crippen MR) is 103 cm³/mol. The lowest BCUT2D eigenvalue weighted by Crippen LogP contribution is -2.40. The molecule has 1 aromatic carbocycles. The molecule has 3 aromatic rings. The standard InChI is InChI=1S/C21H23N5O/c1-25-11-9-22-20(25)19-13-18(23-15-24-19)12-16-6-5-10-26(14-16)21(27)17-7-3-2-4-8-17/h2-4,7-9,11,13,15-16H,5-6,10,12,14H2,1H3. The lowest BCUT2D eigenvalue weighted by atomic mass is 9.92. The Hall–Kier alpha value is -3.02. The largest absolute Gasteiger partial charge is 0.338 e. The second kappa shape index (κ2) is 7.70. The van der Waals surface area contributed by atoms with Crippen LogP contribution in [0.25, 0.3) is 11.5 Å². The van der Waals surface area contributed by atoms with Crippen LogP contribution in [0.5, 0.6) is 0 Å². The smallest absolute Gasteiger partial charge is 0.253 e. The molecule has 1 saturated heterocycles. The van der Waals surface area contributed by atoms with Crippen molar-refractivity contribution in [2.45, 2.75) is 19.3 Å². The van der Waals surface area contributed by atoms with E-state index in [1.54, 1.807) is 12.5 Å². The molecule has 0 radical (unpaired) electrons. The normalized spacial score (nSPS) is 17.1. The number of carbonyl (C=O) groups excluding carboxylic acids is 1. The third kappa shape index (κ3) is 3.89. The highest BCUT2D eigenvalue weighted by Gasteiger charge is 2.25. The number of imidazole rings is 1. The molecule has 0 aliphatic carbocycles. The van der Waals surface area contributed by atoms with Crippen LogP contribution in [-0.2, 0) is 13.5 Å². The van der Waals surface area contributed by atoms with Crippen molar-refractivity contribution in [1.29, 1.82) is 0 Å². The first-order valence-corrected chi connectivity index (χ1v) is 9.33. The molecular formula is C21H23N5O. The Balaban J connectivity index is 1.45. The van der Waals surface area contributed by atoms with Gasteiger partial charge in [0.2, 0.25) is 0 Å². The molecule has 1 amide bonds. The van der Waals surface area contributed by atoms with Crippen LogP contribution in [0.15, 0.2) is 55.1 Å². The topological polar surface area (TPSA) is 63.9 Å². The molecule has 1 atom stereocenters. The van der Waals surface area contributed by atoms with Gasteiger partial charge in [-0.2, -0.15) is 0 Å². The maximum Gasteiger partial charge on any atom is 0.253 e. The van der Waals surface area contributed by atoms with Crippen LogP contribution in [0.1, 0.15) is 28.9 Å². The summed E-state index contributed by atoms with van der Waals surface area (Å²) in [5.74, 6) is 1.37. The van der Waals surface area contributed by atoms with E-state index < -0.39 is 0 Å². The monoisotopic (exact) mass is 361 g/mol. The summed E-state index contributed by atoms with van der Waals surface area (Å²) in [6.45, 7) is 1.60. The molecule has 0 spiro atoms. The summed E-state index contributed by atoms with van der Waals surface area (Å²) < 4.78 is 1.95. The van der Waals surface area contributed by atoms with Crippen LogP contribution >= 0.6 is 0 Å². The number of rotatable bonds is 4. The summed E-state index contributed by atoms with van der Waals surface area (Å²) in [6.07, 6.45) is 8.27. The fraction of sp³-hybridized carbons (Fsp3) is 0.333. The van der Waals surface area contributed by atoms with Crippen molar-refractivity contribution in [3.8, 4) is 11.5 Å². The first-order valence-electron chi connectivity index (χ1n) is 9.33. The molecule has 3 heterocycles. The fourth-order valence-electron chi connectivity index (χ4n) is 3.72. The number of hydrogen-bond donors (Lipinski definition) is 0. The number of nitrogens with zero attached hydrogens (tertiary/aromatic N) is 5. The van der Waals surface area contributed by atoms with Crippen molar-refractivity contribution >= 4 is 5.91 Å². The molecule has 2 aromatic heterocycles. The molecular weight excluding hydrogens is 338 g/mol. The number of aromatic nitrogens is 4. The van der Waals surface area contributed by atoms with E-state index in [9.17, 15) is 4.79 Å². The van der Waals surface area contributed by atoms with Gasteiger partial charge in [0, 0.05) is 43.8 Å². The van der Waals surface area contributed by atoms with Crippen molar-refractivity contribution in [2.75, 3.05) is 13.1 Å². The molecule has 1 unspecified atom stereocenters. The molecule has 0 saturated carbocycles. The number of carbonyl (C=O) groups is 1. The van der Waals surface area contributed by atoms with Crippen LogP contribution in [0.4, 0.5) is 0 Å². The molecule has 1 aliphatic rings. The summed E-state index contributed by atoms with van der Waals surface area (Å²) in [5, 5.41) is 0. The quantitative estimate of drug-likeness (QED) is 0.717. The maximum atomic E-state index is 12.7. The van der Waals surface area contributed by atoms with Gasteiger partial charge in [-0.05, 0) is 43.4 Å². The highest BCUT2D eigenvalue weighted by molar-refractivity contribution is 5.94. The molecule has 1 aliphatic heterocycles. The van der Waals surface area contributed by atoms with Gasteiger partial charge >= 0.3 is 0 Å². The van der Waals surface area contributed by atoms with Crippen molar-refractivity contribution in [1.82, 2.24) is 24.4 Å². The number of benzene rings is 1. The third-order valence-corrected chi connectivity index (χ3v) is 5.10. The van der Waals surface area contributed by atoms with Crippen LogP contribution in [0.3, 0.4) is 0 Å². The predicted octanol–water partition coefficient (Wildman–Crippen LogP) is 2.97. The average Bonchev–Trinajstić information content (AvgIpc) is 3.14. The van der Waals surface area contributed by atoms with Crippen LogP contribution in [0.2, 0.25) is 0 Å². The second-order valence-corrected chi connectivity index (χ2v) is 7.09. The lowest BCUT2D eigenvalue weighted by Gasteiger charge is -2.32. The number of likely N-dealkylation sites (tertiary alicyclic amines) is 1. The number of aryl methyl sites for hydroxylation is 1. The Morgan fingerprint density at radius 1 is 1.19 bits per heavy atom. The number of hydrogen-bond acceptors (Lipinski definition) is 4. The van der Waals surface area contributed by atoms with Gasteiger partial charge in [0.1, 0.15) is 12.0 Å². The molecule has 27 heavy (non-hydrogen) atoms. The molecule has 6 heteroatoms. The summed E-state index contributed by atoms with van der Waals surface area (Å²) in [7, 11) is 1.96. The van der Waals surface area contributed by atoms with Crippen molar-refractivity contribution in [3.05, 3.63) is 66.4 Å². The third-order valence-electron chi connectivity index (χ3n) is 5.10. The maximum absolute atomic E-state index is 12.7. The van der Waals surface area contributed by atoms with Gasteiger partial charge in [0.25, 0.3) is 5.91 Å². The molecule has 4 rings (SSSR count). The molecule has 0 N–H and O–H groups in total. The Labute approximate surface area is 158 Å². The summed E-state index contributed by atoms with van der Waals surface area (Å²) >= 11 is 0. The van der Waals surface area contributed by atoms with E-state index in [1.807, 2.05) is 59.1 Å². The molecule has 0 bridgehead atoms. The van der Waals surface area contributed by atoms with E-state index in [2.05, 4.69) is 15.0 Å². The fourth-order valence-corrected chi connectivity index (χ4v) is 3.72. The van der Waals surface area contributed by atoms with E-state index >= 15 is 0 Å². The van der Waals surface area contributed by atoms with Gasteiger partial charge in [-0.3, -0.25) is 4.79 Å². The van der Waals surface area contributed by atoms with Gasteiger partial charge in [-0.25, -0.2) is 15.0 Å². The number of amides is 1. The first-order chi connectivity index (χ1) is 13.2. The summed E-state index contributed by atoms with van der Waals surface area (Å²) in [4.78, 5) is 27.9. The van der Waals surface area contributed by atoms with Gasteiger partial charge in [0.05, 0.1) is 0 Å². The van der Waals surface area contributed by atoms with Gasteiger partial charge in [-0.15, -0.1) is 0 Å². The Bertz CT molecular complexity index is 921. The van der Waals surface area contributed by atoms with Crippen molar-refractivity contribution in [3.63, 3.8) is 0 Å². The summed E-state index contributed by atoms with van der Waals surface area (Å²) in [6, 6.07) is 11.5. The Morgan fingerprint density at radius 3 is 2.81 bits per heavy atom. The number of piperidine rings is 1. The first kappa shape index (κ1) is 17.4. The second-order valence-electron chi connectivity index (χ2n) is 7.09. The molecule has 6 nitrogen and oxygen atoms in total. The average molecular weight is 361 g/mol. The zero-order chi connectivity index (χ0) is 18.6. The Morgan fingerprint density at radius 2 is 2.04 bits per heavy atom. The van der Waals surface area contributed by atoms with Gasteiger partial charge in [0.15, 0.2) is 5.82 Å². The van der Waals surface area contributed by atoms with Gasteiger partial charge in [-0.1, -0.05) is 18.2 Å². The van der Waals surface area contributed by atoms with E-state index in [0.717, 1.165) is 55.1 Å². The molecule has 1 fully saturated rings. The SMILES string of the molecule is Cn1ccnc1-c1cc(CC2CCCN(C(=O)c3ccccc3)C2)ncn1. The Kier molecular flexibility index (Phi) is 4.96. The van der Waals surface area contributed by atoms with E-state index in [0.29, 0.717) is 5.92 Å². The minimum Gasteiger partial charge on any atom is -0.338 e.